The molecule has 0 radical (unpaired) electrons. The monoisotopic (exact) mass is 530 g/mol. The van der Waals surface area contributed by atoms with E-state index in [0.29, 0.717) is 64.0 Å². The highest BCUT2D eigenvalue weighted by Gasteiger charge is 2.37. The smallest absolute Gasteiger partial charge is 0.331 e. The molecule has 6 rings (SSSR count). The molecule has 9 nitrogen and oxygen atoms in total. The van der Waals surface area contributed by atoms with Crippen molar-refractivity contribution in [3.8, 4) is 11.5 Å². The lowest BCUT2D eigenvalue weighted by atomic mass is 9.91. The lowest BCUT2D eigenvalue weighted by Crippen LogP contribution is -2.54. The number of thiophene rings is 1. The second kappa shape index (κ2) is 9.71. The minimum atomic E-state index is -0.750. The number of nitrogens with zero attached hydrogens (tertiary/aromatic N) is 2. The number of anilines is 3. The van der Waals surface area contributed by atoms with Gasteiger partial charge in [0.25, 0.3) is 5.91 Å². The third-order valence-corrected chi connectivity index (χ3v) is 8.07. The molecule has 2 aromatic carbocycles. The SMILES string of the molecule is Cc1cc(Oc2ccccc2)ccc1N1C(=O)Nc2c(C(=O)NC3(CO)CCOCC3)sc3nccc1c23. The van der Waals surface area contributed by atoms with E-state index in [9.17, 15) is 14.7 Å². The molecular weight excluding hydrogens is 504 g/mol. The number of amides is 3. The number of carbonyl (C=O) groups excluding carboxylic acids is 2. The molecule has 4 aromatic rings. The van der Waals surface area contributed by atoms with Crippen molar-refractivity contribution in [2.24, 2.45) is 0 Å². The number of ether oxygens (including phenoxy) is 2. The second-order valence-electron chi connectivity index (χ2n) is 9.45. The van der Waals surface area contributed by atoms with Gasteiger partial charge in [-0.25, -0.2) is 9.78 Å². The molecule has 0 spiro atoms. The number of carbonyl (C=O) groups is 2. The van der Waals surface area contributed by atoms with Gasteiger partial charge in [-0.3, -0.25) is 9.69 Å². The molecule has 0 unspecified atom stereocenters. The Hall–Kier alpha value is -3.99. The first-order valence-corrected chi connectivity index (χ1v) is 13.2. The molecule has 1 saturated heterocycles. The molecule has 0 aliphatic carbocycles. The van der Waals surface area contributed by atoms with Crippen molar-refractivity contribution in [1.29, 1.82) is 0 Å². The van der Waals surface area contributed by atoms with Crippen LogP contribution in [0.15, 0.2) is 60.8 Å². The van der Waals surface area contributed by atoms with E-state index in [-0.39, 0.29) is 18.5 Å². The maximum Gasteiger partial charge on any atom is 0.331 e. The molecule has 0 atom stereocenters. The fourth-order valence-electron chi connectivity index (χ4n) is 4.93. The number of aliphatic hydroxyl groups excluding tert-OH is 1. The number of nitrogens with one attached hydrogen (secondary N) is 2. The third kappa shape index (κ3) is 4.26. The van der Waals surface area contributed by atoms with Gasteiger partial charge in [0.2, 0.25) is 0 Å². The molecule has 2 aliphatic rings. The van der Waals surface area contributed by atoms with Crippen LogP contribution in [-0.4, -0.2) is 47.4 Å². The van der Waals surface area contributed by atoms with Crippen molar-refractivity contribution >= 4 is 50.6 Å². The van der Waals surface area contributed by atoms with Crippen LogP contribution in [0.5, 0.6) is 11.5 Å². The van der Waals surface area contributed by atoms with Gasteiger partial charge in [0.1, 0.15) is 21.2 Å². The van der Waals surface area contributed by atoms with E-state index < -0.39 is 5.54 Å². The topological polar surface area (TPSA) is 113 Å². The van der Waals surface area contributed by atoms with Gasteiger partial charge in [-0.05, 0) is 61.7 Å². The average Bonchev–Trinajstić information content (AvgIpc) is 3.30. The van der Waals surface area contributed by atoms with Crippen LogP contribution < -0.4 is 20.3 Å². The number of aliphatic hydroxyl groups is 1. The van der Waals surface area contributed by atoms with E-state index in [2.05, 4.69) is 15.6 Å². The third-order valence-electron chi connectivity index (χ3n) is 6.97. The largest absolute Gasteiger partial charge is 0.457 e. The summed E-state index contributed by atoms with van der Waals surface area (Å²) in [6.45, 7) is 2.66. The fourth-order valence-corrected chi connectivity index (χ4v) is 5.95. The van der Waals surface area contributed by atoms with Crippen molar-refractivity contribution in [1.82, 2.24) is 10.3 Å². The summed E-state index contributed by atoms with van der Waals surface area (Å²) in [5.74, 6) is 1.04. The van der Waals surface area contributed by atoms with E-state index in [1.807, 2.05) is 55.5 Å². The zero-order valence-corrected chi connectivity index (χ0v) is 21.5. The molecule has 3 N–H and O–H groups in total. The van der Waals surface area contributed by atoms with Crippen LogP contribution in [0.4, 0.5) is 21.9 Å². The Balaban J connectivity index is 1.35. The number of urea groups is 1. The lowest BCUT2D eigenvalue weighted by Gasteiger charge is -2.36. The highest BCUT2D eigenvalue weighted by atomic mass is 32.1. The Kier molecular flexibility index (Phi) is 6.22. The fraction of sp³-hybridized carbons (Fsp3) is 0.250. The first kappa shape index (κ1) is 24.4. The molecule has 194 valence electrons. The van der Waals surface area contributed by atoms with E-state index >= 15 is 0 Å². The minimum absolute atomic E-state index is 0.185. The molecule has 3 amide bonds. The zero-order chi connectivity index (χ0) is 26.3. The van der Waals surface area contributed by atoms with Crippen molar-refractivity contribution < 1.29 is 24.2 Å². The van der Waals surface area contributed by atoms with Gasteiger partial charge in [0.15, 0.2) is 0 Å². The minimum Gasteiger partial charge on any atom is -0.457 e. The summed E-state index contributed by atoms with van der Waals surface area (Å²) in [5, 5.41) is 16.7. The number of hydrogen-bond acceptors (Lipinski definition) is 7. The van der Waals surface area contributed by atoms with Gasteiger partial charge in [-0.2, -0.15) is 0 Å². The van der Waals surface area contributed by atoms with E-state index in [0.717, 1.165) is 11.3 Å². The van der Waals surface area contributed by atoms with E-state index in [1.54, 1.807) is 17.2 Å². The number of rotatable bonds is 6. The zero-order valence-electron chi connectivity index (χ0n) is 20.7. The molecule has 38 heavy (non-hydrogen) atoms. The summed E-state index contributed by atoms with van der Waals surface area (Å²) >= 11 is 1.22. The maximum absolute atomic E-state index is 13.5. The van der Waals surface area contributed by atoms with Crippen LogP contribution in [-0.2, 0) is 4.74 Å². The number of hydrogen-bond donors (Lipinski definition) is 3. The van der Waals surface area contributed by atoms with Gasteiger partial charge >= 0.3 is 6.03 Å². The molecule has 1 fully saturated rings. The predicted octanol–water partition coefficient (Wildman–Crippen LogP) is 5.35. The Bertz CT molecular complexity index is 1530. The Labute approximate surface area is 223 Å². The molecule has 10 heteroatoms. The Morgan fingerprint density at radius 2 is 1.95 bits per heavy atom. The first-order chi connectivity index (χ1) is 18.5. The van der Waals surface area contributed by atoms with Crippen LogP contribution in [0.1, 0.15) is 28.1 Å². The van der Waals surface area contributed by atoms with Crippen molar-refractivity contribution in [2.45, 2.75) is 25.3 Å². The van der Waals surface area contributed by atoms with Gasteiger partial charge in [0.05, 0.1) is 34.6 Å². The summed E-state index contributed by atoms with van der Waals surface area (Å²) in [6.07, 6.45) is 2.67. The van der Waals surface area contributed by atoms with E-state index in [1.165, 1.54) is 11.3 Å². The van der Waals surface area contributed by atoms with Crippen LogP contribution >= 0.6 is 11.3 Å². The Morgan fingerprint density at radius 3 is 2.68 bits per heavy atom. The van der Waals surface area contributed by atoms with Crippen LogP contribution in [0.25, 0.3) is 10.2 Å². The normalized spacial score (nSPS) is 16.3. The highest BCUT2D eigenvalue weighted by Crippen LogP contribution is 2.46. The average molecular weight is 531 g/mol. The first-order valence-electron chi connectivity index (χ1n) is 12.4. The summed E-state index contributed by atoms with van der Waals surface area (Å²) in [5.41, 5.74) is 1.87. The molecule has 2 aliphatic heterocycles. The van der Waals surface area contributed by atoms with Crippen LogP contribution in [0.3, 0.4) is 0 Å². The number of aryl methyl sites for hydroxylation is 1. The van der Waals surface area contributed by atoms with Gasteiger partial charge in [-0.15, -0.1) is 11.3 Å². The van der Waals surface area contributed by atoms with Crippen molar-refractivity contribution in [3.05, 3.63) is 71.2 Å². The summed E-state index contributed by atoms with van der Waals surface area (Å²) in [7, 11) is 0. The maximum atomic E-state index is 13.5. The molecule has 4 heterocycles. The summed E-state index contributed by atoms with van der Waals surface area (Å²) in [4.78, 5) is 34.0. The standard InChI is InChI=1S/C28H26N4O5S/c1-17-15-19(37-18-5-3-2-4-6-18)7-8-20(17)32-21-9-12-29-26-22(21)23(30-27(32)35)24(38-26)25(34)31-28(16-33)10-13-36-14-11-28/h2-9,12,15,33H,10-11,13-14,16H2,1H3,(H,30,35)(H,31,34). The molecule has 0 bridgehead atoms. The van der Waals surface area contributed by atoms with Crippen LogP contribution in [0, 0.1) is 6.92 Å². The Morgan fingerprint density at radius 1 is 1.16 bits per heavy atom. The quantitative estimate of drug-likeness (QED) is 0.310. The van der Waals surface area contributed by atoms with Gasteiger partial charge < -0.3 is 25.2 Å². The van der Waals surface area contributed by atoms with Gasteiger partial charge in [-0.1, -0.05) is 18.2 Å². The lowest BCUT2D eigenvalue weighted by molar-refractivity contribution is 0.0126. The number of pyridine rings is 1. The van der Waals surface area contributed by atoms with E-state index in [4.69, 9.17) is 9.47 Å². The highest BCUT2D eigenvalue weighted by molar-refractivity contribution is 7.21. The van der Waals surface area contributed by atoms with Crippen molar-refractivity contribution in [3.63, 3.8) is 0 Å². The number of benzene rings is 2. The van der Waals surface area contributed by atoms with Gasteiger partial charge in [0, 0.05) is 19.4 Å². The molecular formula is C28H26N4O5S. The predicted molar refractivity (Wildman–Crippen MR) is 146 cm³/mol. The molecule has 0 saturated carbocycles. The summed E-state index contributed by atoms with van der Waals surface area (Å²) < 4.78 is 11.4. The number of para-hydroxylation sites is 1. The summed E-state index contributed by atoms with van der Waals surface area (Å²) in [6, 6.07) is 16.5. The second-order valence-corrected chi connectivity index (χ2v) is 10.4. The van der Waals surface area contributed by atoms with Crippen molar-refractivity contribution in [2.75, 3.05) is 30.0 Å². The number of aromatic nitrogens is 1. The van der Waals surface area contributed by atoms with Crippen LogP contribution in [0.2, 0.25) is 0 Å². The molecule has 2 aromatic heterocycles.